The first-order valence-corrected chi connectivity index (χ1v) is 7.56. The Morgan fingerprint density at radius 3 is 2.71 bits per heavy atom. The van der Waals surface area contributed by atoms with Crippen molar-refractivity contribution in [3.8, 4) is 5.75 Å². The lowest BCUT2D eigenvalue weighted by molar-refractivity contribution is 0.307. The number of piperidine rings is 1. The molecule has 3 nitrogen and oxygen atoms in total. The van der Waals surface area contributed by atoms with Gasteiger partial charge in [0.25, 0.3) is 0 Å². The maximum Gasteiger partial charge on any atom is 0.142 e. The Morgan fingerprint density at radius 1 is 1.43 bits per heavy atom. The molecule has 1 fully saturated rings. The third-order valence-corrected chi connectivity index (χ3v) is 4.14. The van der Waals surface area contributed by atoms with Gasteiger partial charge >= 0.3 is 0 Å². The summed E-state index contributed by atoms with van der Waals surface area (Å²) in [5.41, 5.74) is 7.10. The molecule has 1 aliphatic heterocycles. The average Bonchev–Trinajstić information content (AvgIpc) is 2.45. The van der Waals surface area contributed by atoms with Gasteiger partial charge in [-0.1, -0.05) is 11.6 Å². The van der Waals surface area contributed by atoms with E-state index in [4.69, 9.17) is 22.1 Å². The SMILES string of the molecule is CCOc1cc(Cl)c(F)cc1CC(N)C1CCNCC1.Cl. The van der Waals surface area contributed by atoms with E-state index in [1.165, 1.54) is 6.07 Å². The maximum absolute atomic E-state index is 13.7. The van der Waals surface area contributed by atoms with E-state index in [9.17, 15) is 4.39 Å². The molecule has 2 rings (SSSR count). The van der Waals surface area contributed by atoms with Crippen LogP contribution in [0.3, 0.4) is 0 Å². The summed E-state index contributed by atoms with van der Waals surface area (Å²) >= 11 is 5.81. The Morgan fingerprint density at radius 2 is 2.10 bits per heavy atom. The van der Waals surface area contributed by atoms with Crippen LogP contribution >= 0.6 is 24.0 Å². The van der Waals surface area contributed by atoms with E-state index in [0.29, 0.717) is 24.7 Å². The van der Waals surface area contributed by atoms with Crippen LogP contribution in [-0.2, 0) is 6.42 Å². The zero-order chi connectivity index (χ0) is 14.5. The number of rotatable bonds is 5. The number of halogens is 3. The molecule has 1 unspecified atom stereocenters. The first kappa shape index (κ1) is 18.5. The van der Waals surface area contributed by atoms with Crippen LogP contribution in [-0.4, -0.2) is 25.7 Å². The van der Waals surface area contributed by atoms with Crippen LogP contribution in [0.4, 0.5) is 4.39 Å². The van der Waals surface area contributed by atoms with Crippen LogP contribution in [0, 0.1) is 11.7 Å². The molecule has 0 radical (unpaired) electrons. The molecule has 3 N–H and O–H groups in total. The summed E-state index contributed by atoms with van der Waals surface area (Å²) < 4.78 is 19.2. The molecule has 1 heterocycles. The molecule has 0 saturated carbocycles. The van der Waals surface area contributed by atoms with Gasteiger partial charge in [0.05, 0.1) is 11.6 Å². The lowest BCUT2D eigenvalue weighted by atomic mass is 9.87. The highest BCUT2D eigenvalue weighted by atomic mass is 35.5. The molecule has 0 aromatic heterocycles. The molecule has 1 aromatic rings. The van der Waals surface area contributed by atoms with Crippen molar-refractivity contribution < 1.29 is 9.13 Å². The van der Waals surface area contributed by atoms with Crippen LogP contribution in [0.2, 0.25) is 5.02 Å². The monoisotopic (exact) mass is 336 g/mol. The van der Waals surface area contributed by atoms with E-state index in [2.05, 4.69) is 5.32 Å². The van der Waals surface area contributed by atoms with E-state index >= 15 is 0 Å². The number of hydrogen-bond donors (Lipinski definition) is 2. The smallest absolute Gasteiger partial charge is 0.142 e. The predicted octanol–water partition coefficient (Wildman–Crippen LogP) is 3.17. The van der Waals surface area contributed by atoms with Gasteiger partial charge in [-0.3, -0.25) is 0 Å². The van der Waals surface area contributed by atoms with Gasteiger partial charge in [0.15, 0.2) is 0 Å². The molecule has 0 aliphatic carbocycles. The zero-order valence-electron chi connectivity index (χ0n) is 12.2. The molecular formula is C15H23Cl2FN2O. The van der Waals surface area contributed by atoms with Crippen molar-refractivity contribution in [3.05, 3.63) is 28.5 Å². The van der Waals surface area contributed by atoms with Gasteiger partial charge < -0.3 is 15.8 Å². The molecule has 6 heteroatoms. The van der Waals surface area contributed by atoms with Crippen molar-refractivity contribution in [2.45, 2.75) is 32.2 Å². The molecule has 1 saturated heterocycles. The second-order valence-electron chi connectivity index (χ2n) is 5.26. The lowest BCUT2D eigenvalue weighted by Gasteiger charge is -2.28. The summed E-state index contributed by atoms with van der Waals surface area (Å²) in [5.74, 6) is 0.704. The largest absolute Gasteiger partial charge is 0.494 e. The van der Waals surface area contributed by atoms with E-state index in [0.717, 1.165) is 31.5 Å². The van der Waals surface area contributed by atoms with Crippen LogP contribution < -0.4 is 15.8 Å². The fourth-order valence-electron chi connectivity index (χ4n) is 2.71. The minimum absolute atomic E-state index is 0. The third kappa shape index (κ3) is 4.99. The Labute approximate surface area is 136 Å². The van der Waals surface area contributed by atoms with Crippen LogP contribution in [0.15, 0.2) is 12.1 Å². The van der Waals surface area contributed by atoms with E-state index in [-0.39, 0.29) is 23.5 Å². The second-order valence-corrected chi connectivity index (χ2v) is 5.67. The minimum atomic E-state index is -0.414. The highest BCUT2D eigenvalue weighted by Crippen LogP contribution is 2.29. The molecule has 1 aliphatic rings. The highest BCUT2D eigenvalue weighted by molar-refractivity contribution is 6.30. The number of nitrogens with two attached hydrogens (primary N) is 1. The summed E-state index contributed by atoms with van der Waals surface area (Å²) in [7, 11) is 0. The van der Waals surface area contributed by atoms with Crippen LogP contribution in [0.5, 0.6) is 5.75 Å². The number of hydrogen-bond acceptors (Lipinski definition) is 3. The molecule has 0 amide bonds. The van der Waals surface area contributed by atoms with Gasteiger partial charge in [-0.2, -0.15) is 0 Å². The molecule has 0 bridgehead atoms. The van der Waals surface area contributed by atoms with Gasteiger partial charge in [-0.25, -0.2) is 4.39 Å². The Bertz CT molecular complexity index is 454. The number of benzene rings is 1. The third-order valence-electron chi connectivity index (χ3n) is 3.85. The minimum Gasteiger partial charge on any atom is -0.494 e. The summed E-state index contributed by atoms with van der Waals surface area (Å²) in [6.45, 7) is 4.43. The molecule has 120 valence electrons. The fraction of sp³-hybridized carbons (Fsp3) is 0.600. The van der Waals surface area contributed by atoms with Crippen molar-refractivity contribution in [1.82, 2.24) is 5.32 Å². The van der Waals surface area contributed by atoms with E-state index in [1.54, 1.807) is 6.07 Å². The van der Waals surface area contributed by atoms with Crippen LogP contribution in [0.25, 0.3) is 0 Å². The van der Waals surface area contributed by atoms with Crippen molar-refractivity contribution >= 4 is 24.0 Å². The van der Waals surface area contributed by atoms with E-state index in [1.807, 2.05) is 6.92 Å². The molecular weight excluding hydrogens is 314 g/mol. The summed E-state index contributed by atoms with van der Waals surface area (Å²) in [6, 6.07) is 3.02. The topological polar surface area (TPSA) is 47.3 Å². The molecule has 1 aromatic carbocycles. The normalized spacial score (nSPS) is 17.1. The van der Waals surface area contributed by atoms with Crippen LogP contribution in [0.1, 0.15) is 25.3 Å². The Kier molecular flexibility index (Phi) is 7.74. The van der Waals surface area contributed by atoms with E-state index < -0.39 is 5.82 Å². The van der Waals surface area contributed by atoms with Gasteiger partial charge in [-0.15, -0.1) is 12.4 Å². The van der Waals surface area contributed by atoms with Crippen molar-refractivity contribution in [3.63, 3.8) is 0 Å². The summed E-state index contributed by atoms with van der Waals surface area (Å²) in [5, 5.41) is 3.41. The van der Waals surface area contributed by atoms with Gasteiger partial charge in [0.1, 0.15) is 11.6 Å². The van der Waals surface area contributed by atoms with Gasteiger partial charge in [0, 0.05) is 12.1 Å². The summed E-state index contributed by atoms with van der Waals surface area (Å²) in [6.07, 6.45) is 2.76. The number of nitrogens with one attached hydrogen (secondary N) is 1. The molecule has 1 atom stereocenters. The molecule has 21 heavy (non-hydrogen) atoms. The zero-order valence-corrected chi connectivity index (χ0v) is 13.8. The first-order valence-electron chi connectivity index (χ1n) is 7.18. The molecule has 0 spiro atoms. The standard InChI is InChI=1S/C15H22ClFN2O.ClH/c1-2-20-15-9-12(16)13(17)7-11(15)8-14(18)10-3-5-19-6-4-10;/h7,9-10,14,19H,2-6,8,18H2,1H3;1H. The maximum atomic E-state index is 13.7. The van der Waals surface area contributed by atoms with Crippen molar-refractivity contribution in [1.29, 1.82) is 0 Å². The second kappa shape index (κ2) is 8.79. The number of ether oxygens (including phenoxy) is 1. The fourth-order valence-corrected chi connectivity index (χ4v) is 2.87. The van der Waals surface area contributed by atoms with Crippen molar-refractivity contribution in [2.24, 2.45) is 11.7 Å². The van der Waals surface area contributed by atoms with Gasteiger partial charge in [-0.05, 0) is 56.8 Å². The van der Waals surface area contributed by atoms with Crippen molar-refractivity contribution in [2.75, 3.05) is 19.7 Å². The predicted molar refractivity (Wildman–Crippen MR) is 87.1 cm³/mol. The summed E-state index contributed by atoms with van der Waals surface area (Å²) in [4.78, 5) is 0. The average molecular weight is 337 g/mol. The highest BCUT2D eigenvalue weighted by Gasteiger charge is 2.22. The first-order chi connectivity index (χ1) is 9.61. The lowest BCUT2D eigenvalue weighted by Crippen LogP contribution is -2.39. The Hall–Kier alpha value is -0.550. The Balaban J connectivity index is 0.00000220. The quantitative estimate of drug-likeness (QED) is 0.868. The van der Waals surface area contributed by atoms with Gasteiger partial charge in [0.2, 0.25) is 0 Å².